The highest BCUT2D eigenvalue weighted by atomic mass is 31.2. The minimum atomic E-state index is -4.96. The van der Waals surface area contributed by atoms with E-state index in [4.69, 9.17) is 37.0 Å². The Morgan fingerprint density at radius 2 is 0.495 bits per heavy atom. The van der Waals surface area contributed by atoms with Crippen molar-refractivity contribution in [2.75, 3.05) is 39.6 Å². The van der Waals surface area contributed by atoms with Gasteiger partial charge in [0.1, 0.15) is 19.3 Å². The van der Waals surface area contributed by atoms with E-state index in [0.717, 1.165) is 102 Å². The van der Waals surface area contributed by atoms with Crippen molar-refractivity contribution in [3.63, 3.8) is 0 Å². The van der Waals surface area contributed by atoms with Gasteiger partial charge in [0.25, 0.3) is 0 Å². The maximum Gasteiger partial charge on any atom is 0.472 e. The highest BCUT2D eigenvalue weighted by molar-refractivity contribution is 7.47. The van der Waals surface area contributed by atoms with Gasteiger partial charge in [-0.25, -0.2) is 9.13 Å². The summed E-state index contributed by atoms with van der Waals surface area (Å²) in [5, 5.41) is 10.7. The number of aliphatic hydroxyl groups excluding tert-OH is 1. The highest BCUT2D eigenvalue weighted by Crippen LogP contribution is 2.45. The second-order valence-electron chi connectivity index (χ2n) is 30.9. The number of carbonyl (C=O) groups excluding carboxylic acids is 4. The maximum atomic E-state index is 13.1. The molecule has 0 aromatic rings. The van der Waals surface area contributed by atoms with E-state index in [9.17, 15) is 43.2 Å². The normalized spacial score (nSPS) is 14.1. The van der Waals surface area contributed by atoms with Gasteiger partial charge in [0, 0.05) is 25.7 Å². The van der Waals surface area contributed by atoms with Crippen LogP contribution in [0.25, 0.3) is 0 Å². The number of unbranched alkanes of at least 4 members (excludes halogenated alkanes) is 52. The molecule has 3 N–H and O–H groups in total. The summed E-state index contributed by atoms with van der Waals surface area (Å²) in [6.07, 6.45) is 66.4. The molecule has 0 heterocycles. The SMILES string of the molecule is CCCCCCCCCCCCCCCCCC(=O)O[C@H](COC(=O)CCCCCCCCCCCCC)COP(=O)(O)OC[C@H](O)COP(=O)(O)OC[C@@H](COC(=O)CCCCCCCCCCCCCCCCC(C)CC)OC(=O)CCCCCCCCCCCCCCCCCCC(C)C. The van der Waals surface area contributed by atoms with Crippen molar-refractivity contribution in [2.45, 2.75) is 464 Å². The van der Waals surface area contributed by atoms with E-state index in [0.29, 0.717) is 25.7 Å². The number of rotatable bonds is 83. The first-order valence-corrected chi connectivity index (χ1v) is 46.5. The van der Waals surface area contributed by atoms with Gasteiger partial charge in [-0.3, -0.25) is 37.3 Å². The number of hydrogen-bond donors (Lipinski definition) is 3. The van der Waals surface area contributed by atoms with Gasteiger partial charge in [0.15, 0.2) is 12.2 Å². The van der Waals surface area contributed by atoms with Crippen LogP contribution in [0.4, 0.5) is 0 Å². The van der Waals surface area contributed by atoms with Crippen molar-refractivity contribution in [1.29, 1.82) is 0 Å². The third-order valence-corrected chi connectivity index (χ3v) is 22.0. The van der Waals surface area contributed by atoms with Crippen LogP contribution >= 0.6 is 15.6 Å². The lowest BCUT2D eigenvalue weighted by Gasteiger charge is -2.21. The first kappa shape index (κ1) is 101. The average molecular weight is 1510 g/mol. The van der Waals surface area contributed by atoms with Crippen LogP contribution in [0.3, 0.4) is 0 Å². The van der Waals surface area contributed by atoms with E-state index < -0.39 is 97.5 Å². The molecule has 0 aliphatic rings. The molecule has 103 heavy (non-hydrogen) atoms. The van der Waals surface area contributed by atoms with Gasteiger partial charge in [0.2, 0.25) is 0 Å². The quantitative estimate of drug-likeness (QED) is 0.0222. The van der Waals surface area contributed by atoms with Crippen molar-refractivity contribution < 1.29 is 80.2 Å². The monoisotopic (exact) mass is 1510 g/mol. The molecule has 0 aliphatic heterocycles. The minimum absolute atomic E-state index is 0.109. The summed E-state index contributed by atoms with van der Waals surface area (Å²) in [7, 11) is -9.92. The summed E-state index contributed by atoms with van der Waals surface area (Å²) in [6, 6.07) is 0. The third kappa shape index (κ3) is 76.6. The van der Waals surface area contributed by atoms with Crippen LogP contribution in [0.2, 0.25) is 0 Å². The standard InChI is InChI=1S/C84H164O17P2/c1-7-10-12-14-16-18-20-21-24-32-38-44-50-56-62-68-83(88)100-79(72-94-81(86)66-60-54-48-42-34-19-17-15-13-11-8-2)74-98-102(90,91)96-70-78(85)71-97-103(92,93)99-75-80(73-95-82(87)67-61-55-49-43-37-31-28-27-30-36-41-47-53-59-65-77(6)9-3)101-84(89)69-63-57-51-45-39-33-26-23-22-25-29-35-40-46-52-58-64-76(4)5/h76-80,85H,7-75H2,1-6H3,(H,90,91)(H,92,93)/t77?,78-,79+,80+/m0/s1. The van der Waals surface area contributed by atoms with Gasteiger partial charge in [-0.15, -0.1) is 0 Å². The average Bonchev–Trinajstić information content (AvgIpc) is 0.976. The Kier molecular flexibility index (Phi) is 74.1. The zero-order chi connectivity index (χ0) is 75.6. The van der Waals surface area contributed by atoms with Crippen LogP contribution < -0.4 is 0 Å². The summed E-state index contributed by atoms with van der Waals surface area (Å²) < 4.78 is 68.8. The summed E-state index contributed by atoms with van der Waals surface area (Å²) >= 11 is 0. The molecule has 0 bridgehead atoms. The van der Waals surface area contributed by atoms with Crippen LogP contribution in [0.5, 0.6) is 0 Å². The van der Waals surface area contributed by atoms with Crippen LogP contribution in [0.1, 0.15) is 446 Å². The maximum absolute atomic E-state index is 13.1. The van der Waals surface area contributed by atoms with Crippen molar-refractivity contribution in [3.8, 4) is 0 Å². The molecule has 0 aromatic heterocycles. The lowest BCUT2D eigenvalue weighted by molar-refractivity contribution is -0.161. The Bertz CT molecular complexity index is 1980. The molecular weight excluding hydrogens is 1340 g/mol. The fourth-order valence-corrected chi connectivity index (χ4v) is 14.6. The summed E-state index contributed by atoms with van der Waals surface area (Å²) in [5.41, 5.74) is 0. The van der Waals surface area contributed by atoms with E-state index in [1.54, 1.807) is 0 Å². The molecule has 19 heteroatoms. The molecular formula is C84H164O17P2. The minimum Gasteiger partial charge on any atom is -0.462 e. The largest absolute Gasteiger partial charge is 0.472 e. The van der Waals surface area contributed by atoms with Crippen molar-refractivity contribution in [1.82, 2.24) is 0 Å². The number of carbonyl (C=O) groups is 4. The third-order valence-electron chi connectivity index (χ3n) is 20.1. The fraction of sp³-hybridized carbons (Fsp3) is 0.952. The number of phosphoric ester groups is 2. The number of hydrogen-bond acceptors (Lipinski definition) is 15. The molecule has 0 fully saturated rings. The first-order chi connectivity index (χ1) is 49.9. The Labute approximate surface area is 632 Å². The molecule has 0 radical (unpaired) electrons. The van der Waals surface area contributed by atoms with Gasteiger partial charge in [-0.1, -0.05) is 395 Å². The molecule has 17 nitrogen and oxygen atoms in total. The number of ether oxygens (including phenoxy) is 4. The first-order valence-electron chi connectivity index (χ1n) is 43.5. The topological polar surface area (TPSA) is 237 Å². The van der Waals surface area contributed by atoms with Gasteiger partial charge in [-0.05, 0) is 37.5 Å². The van der Waals surface area contributed by atoms with Crippen LogP contribution in [-0.2, 0) is 65.4 Å². The van der Waals surface area contributed by atoms with Crippen LogP contribution in [0, 0.1) is 11.8 Å². The highest BCUT2D eigenvalue weighted by Gasteiger charge is 2.30. The van der Waals surface area contributed by atoms with Gasteiger partial charge in [-0.2, -0.15) is 0 Å². The molecule has 3 unspecified atom stereocenters. The fourth-order valence-electron chi connectivity index (χ4n) is 13.0. The molecule has 0 aliphatic carbocycles. The predicted molar refractivity (Wildman–Crippen MR) is 423 cm³/mol. The van der Waals surface area contributed by atoms with E-state index in [1.807, 2.05) is 0 Å². The van der Waals surface area contributed by atoms with E-state index in [1.165, 1.54) is 263 Å². The Morgan fingerprint density at radius 1 is 0.282 bits per heavy atom. The van der Waals surface area contributed by atoms with Crippen molar-refractivity contribution in [2.24, 2.45) is 11.8 Å². The molecule has 0 spiro atoms. The summed E-state index contributed by atoms with van der Waals surface area (Å²) in [5.74, 6) is -0.443. The van der Waals surface area contributed by atoms with Crippen LogP contribution in [0.15, 0.2) is 0 Å². The molecule has 6 atom stereocenters. The molecule has 0 amide bonds. The lowest BCUT2D eigenvalue weighted by atomic mass is 9.99. The van der Waals surface area contributed by atoms with E-state index in [2.05, 4.69) is 41.5 Å². The molecule has 0 saturated heterocycles. The molecule has 612 valence electrons. The van der Waals surface area contributed by atoms with E-state index >= 15 is 0 Å². The van der Waals surface area contributed by atoms with Gasteiger partial charge < -0.3 is 33.8 Å². The number of esters is 4. The van der Waals surface area contributed by atoms with Crippen molar-refractivity contribution >= 4 is 39.5 Å². The lowest BCUT2D eigenvalue weighted by Crippen LogP contribution is -2.30. The molecule has 0 aromatic carbocycles. The summed E-state index contributed by atoms with van der Waals surface area (Å²) in [4.78, 5) is 73.2. The van der Waals surface area contributed by atoms with Crippen LogP contribution in [-0.4, -0.2) is 96.7 Å². The Balaban J connectivity index is 5.25. The summed E-state index contributed by atoms with van der Waals surface area (Å²) in [6.45, 7) is 9.75. The zero-order valence-electron chi connectivity index (χ0n) is 67.6. The van der Waals surface area contributed by atoms with E-state index in [-0.39, 0.29) is 25.7 Å². The Morgan fingerprint density at radius 3 is 0.738 bits per heavy atom. The Hall–Kier alpha value is -1.94. The predicted octanol–water partition coefficient (Wildman–Crippen LogP) is 25.5. The molecule has 0 rings (SSSR count). The zero-order valence-corrected chi connectivity index (χ0v) is 69.4. The number of phosphoric acid groups is 2. The van der Waals surface area contributed by atoms with Gasteiger partial charge in [0.05, 0.1) is 26.4 Å². The number of aliphatic hydroxyl groups is 1. The second kappa shape index (κ2) is 75.5. The smallest absolute Gasteiger partial charge is 0.462 e. The molecule has 0 saturated carbocycles. The van der Waals surface area contributed by atoms with Gasteiger partial charge >= 0.3 is 39.5 Å². The second-order valence-corrected chi connectivity index (χ2v) is 33.8. The van der Waals surface area contributed by atoms with Crippen molar-refractivity contribution in [3.05, 3.63) is 0 Å².